The molecule has 1 unspecified atom stereocenters. The number of nitrogen functional groups attached to an aromatic ring is 1. The summed E-state index contributed by atoms with van der Waals surface area (Å²) in [5.41, 5.74) is 11.0. The van der Waals surface area contributed by atoms with E-state index >= 15 is 0 Å². The highest BCUT2D eigenvalue weighted by Crippen LogP contribution is 2.31. The molecule has 0 aromatic carbocycles. The lowest BCUT2D eigenvalue weighted by Crippen LogP contribution is -2.98. The maximum absolute atomic E-state index is 5.77. The second kappa shape index (κ2) is 3.07. The van der Waals surface area contributed by atoms with Crippen molar-refractivity contribution in [1.82, 2.24) is 9.97 Å². The molecular formula is C8H14N6. The number of hydrogen-bond donors (Lipinski definition) is 2. The maximum atomic E-state index is 5.77. The van der Waals surface area contributed by atoms with Crippen molar-refractivity contribution < 1.29 is 5.01 Å². The minimum atomic E-state index is 0.278. The fourth-order valence-electron chi connectivity index (χ4n) is 1.53. The van der Waals surface area contributed by atoms with E-state index in [9.17, 15) is 0 Å². The molecular weight excluding hydrogens is 180 g/mol. The first-order chi connectivity index (χ1) is 6.61. The highest BCUT2D eigenvalue weighted by molar-refractivity contribution is 5.71. The van der Waals surface area contributed by atoms with E-state index in [4.69, 9.17) is 5.73 Å². The first-order valence-electron chi connectivity index (χ1n) is 4.56. The molecule has 0 bridgehead atoms. The molecule has 0 spiro atoms. The van der Waals surface area contributed by atoms with Crippen LogP contribution in [0.2, 0.25) is 0 Å². The van der Waals surface area contributed by atoms with Gasteiger partial charge in [-0.15, -0.1) is 0 Å². The lowest BCUT2D eigenvalue weighted by atomic mass is 10.3. The fourth-order valence-corrected chi connectivity index (χ4v) is 1.53. The highest BCUT2D eigenvalue weighted by atomic mass is 15.8. The molecule has 1 aliphatic heterocycles. The van der Waals surface area contributed by atoms with Crippen molar-refractivity contribution in [1.29, 1.82) is 0 Å². The smallest absolute Gasteiger partial charge is 0.207 e. The van der Waals surface area contributed by atoms with E-state index in [-0.39, 0.29) is 6.04 Å². The van der Waals surface area contributed by atoms with Crippen LogP contribution in [0.25, 0.3) is 5.53 Å². The fraction of sp³-hybridized carbons (Fsp3) is 0.500. The molecule has 1 aromatic heterocycles. The van der Waals surface area contributed by atoms with E-state index in [1.807, 2.05) is 12.1 Å². The van der Waals surface area contributed by atoms with Gasteiger partial charge in [-0.2, -0.15) is 0 Å². The summed E-state index contributed by atoms with van der Waals surface area (Å²) >= 11 is 0. The lowest BCUT2D eigenvalue weighted by molar-refractivity contribution is -0.762. The topological polar surface area (TPSA) is 73.6 Å². The summed E-state index contributed by atoms with van der Waals surface area (Å²) in [5, 5.41) is 2.75. The van der Waals surface area contributed by atoms with Gasteiger partial charge in [0, 0.05) is 6.04 Å². The number of quaternary nitrogens is 1. The average Bonchev–Trinajstić information content (AvgIpc) is 2.45. The van der Waals surface area contributed by atoms with Crippen LogP contribution < -0.4 is 15.8 Å². The molecule has 0 fully saturated rings. The number of hydrogen-bond acceptors (Lipinski definition) is 4. The van der Waals surface area contributed by atoms with Gasteiger partial charge in [-0.05, 0) is 13.8 Å². The largest absolute Gasteiger partial charge is 0.403 e. The number of nitrogens with zero attached hydrogens (tertiary/aromatic N) is 4. The minimum absolute atomic E-state index is 0.278. The molecule has 0 aliphatic carbocycles. The quantitative estimate of drug-likeness (QED) is 0.640. The normalized spacial score (nSPS) is 20.3. The molecule has 6 nitrogen and oxygen atoms in total. The summed E-state index contributed by atoms with van der Waals surface area (Å²) in [5.74, 6) is 1.31. The third-order valence-corrected chi connectivity index (χ3v) is 2.18. The van der Waals surface area contributed by atoms with Gasteiger partial charge in [0.2, 0.25) is 5.69 Å². The third-order valence-electron chi connectivity index (χ3n) is 2.18. The van der Waals surface area contributed by atoms with E-state index in [1.165, 1.54) is 6.33 Å². The molecule has 0 radical (unpaired) electrons. The zero-order chi connectivity index (χ0) is 10.3. The zero-order valence-corrected chi connectivity index (χ0v) is 8.52. The molecule has 0 saturated heterocycles. The lowest BCUT2D eigenvalue weighted by Gasteiger charge is -2.32. The van der Waals surface area contributed by atoms with Gasteiger partial charge in [-0.1, -0.05) is 0 Å². The monoisotopic (exact) mass is 194 g/mol. The van der Waals surface area contributed by atoms with Gasteiger partial charge in [0.05, 0.1) is 7.05 Å². The molecule has 76 valence electrons. The van der Waals surface area contributed by atoms with Crippen LogP contribution in [0.1, 0.15) is 13.8 Å². The number of nitrogens with two attached hydrogens (primary N) is 1. The van der Waals surface area contributed by atoms with Gasteiger partial charge >= 0.3 is 0 Å². The molecule has 1 aromatic rings. The Hall–Kier alpha value is -1.40. The van der Waals surface area contributed by atoms with Crippen LogP contribution >= 0.6 is 0 Å². The Labute approximate surface area is 82.7 Å². The van der Waals surface area contributed by atoms with Gasteiger partial charge in [-0.25, -0.2) is 9.97 Å². The molecule has 0 saturated carbocycles. The number of nitrogens with one attached hydrogen (secondary N) is 1. The third kappa shape index (κ3) is 1.19. The molecule has 2 heterocycles. The molecule has 0 amide bonds. The summed E-state index contributed by atoms with van der Waals surface area (Å²) < 4.78 is 0. The molecule has 3 N–H and O–H groups in total. The number of aromatic nitrogens is 2. The highest BCUT2D eigenvalue weighted by Gasteiger charge is 2.25. The van der Waals surface area contributed by atoms with Crippen molar-refractivity contribution in [3.8, 4) is 0 Å². The van der Waals surface area contributed by atoms with Crippen LogP contribution in [0.3, 0.4) is 0 Å². The molecule has 2 rings (SSSR count). The maximum Gasteiger partial charge on any atom is 0.207 e. The van der Waals surface area contributed by atoms with Crippen molar-refractivity contribution >= 4 is 17.3 Å². The average molecular weight is 194 g/mol. The van der Waals surface area contributed by atoms with E-state index in [2.05, 4.69) is 29.4 Å². The molecule has 14 heavy (non-hydrogen) atoms. The Balaban J connectivity index is 2.49. The molecule has 1 atom stereocenters. The Kier molecular flexibility index (Phi) is 2.01. The molecule has 6 heteroatoms. The van der Waals surface area contributed by atoms with Crippen LogP contribution in [0.5, 0.6) is 0 Å². The first kappa shape index (κ1) is 9.17. The Morgan fingerprint density at radius 1 is 1.50 bits per heavy atom. The Bertz CT molecular complexity index is 350. The second-order valence-electron chi connectivity index (χ2n) is 3.58. The van der Waals surface area contributed by atoms with Crippen molar-refractivity contribution in [3.05, 3.63) is 11.9 Å². The summed E-state index contributed by atoms with van der Waals surface area (Å²) in [4.78, 5) is 8.15. The van der Waals surface area contributed by atoms with E-state index < -0.39 is 0 Å². The van der Waals surface area contributed by atoms with Crippen LogP contribution in [0, 0.1) is 0 Å². The van der Waals surface area contributed by atoms with Crippen molar-refractivity contribution in [2.24, 2.45) is 0 Å². The van der Waals surface area contributed by atoms with Gasteiger partial charge < -0.3 is 21.3 Å². The SMILES string of the molecule is CC(C)N1[N-][NH+](C)c2c(N)ncnc21. The summed E-state index contributed by atoms with van der Waals surface area (Å²) in [7, 11) is 1.92. The van der Waals surface area contributed by atoms with E-state index in [0.717, 1.165) is 16.5 Å². The summed E-state index contributed by atoms with van der Waals surface area (Å²) in [6.45, 7) is 4.12. The van der Waals surface area contributed by atoms with Crippen molar-refractivity contribution in [3.63, 3.8) is 0 Å². The van der Waals surface area contributed by atoms with Crippen LogP contribution in [-0.2, 0) is 0 Å². The summed E-state index contributed by atoms with van der Waals surface area (Å²) in [6.07, 6.45) is 1.47. The van der Waals surface area contributed by atoms with Crippen LogP contribution in [0.15, 0.2) is 6.33 Å². The second-order valence-corrected chi connectivity index (χ2v) is 3.58. The predicted octanol–water partition coefficient (Wildman–Crippen LogP) is -0.363. The summed E-state index contributed by atoms with van der Waals surface area (Å²) in [6, 6.07) is 0.278. The van der Waals surface area contributed by atoms with Crippen LogP contribution in [-0.4, -0.2) is 23.1 Å². The van der Waals surface area contributed by atoms with Crippen molar-refractivity contribution in [2.45, 2.75) is 19.9 Å². The van der Waals surface area contributed by atoms with Crippen molar-refractivity contribution in [2.75, 3.05) is 17.8 Å². The Morgan fingerprint density at radius 2 is 2.21 bits per heavy atom. The molecule has 1 aliphatic rings. The van der Waals surface area contributed by atoms with Gasteiger partial charge in [0.1, 0.15) is 6.33 Å². The van der Waals surface area contributed by atoms with Gasteiger partial charge in [0.15, 0.2) is 11.6 Å². The zero-order valence-electron chi connectivity index (χ0n) is 8.52. The van der Waals surface area contributed by atoms with Gasteiger partial charge in [0.25, 0.3) is 0 Å². The van der Waals surface area contributed by atoms with Crippen LogP contribution in [0.4, 0.5) is 17.3 Å². The predicted molar refractivity (Wildman–Crippen MR) is 54.0 cm³/mol. The number of anilines is 2. The number of fused-ring (bicyclic) bond motifs is 1. The van der Waals surface area contributed by atoms with E-state index in [1.54, 1.807) is 0 Å². The Morgan fingerprint density at radius 3 is 2.86 bits per heavy atom. The van der Waals surface area contributed by atoms with E-state index in [0.29, 0.717) is 5.82 Å². The first-order valence-corrected chi connectivity index (χ1v) is 4.56. The standard InChI is InChI=1S/C8H14N6/c1-5(2)14-8-6(13(3)12-14)7(9)10-4-11-8/h4-5,13H,1-3H3,(H2,9,10,11). The number of rotatable bonds is 1. The minimum Gasteiger partial charge on any atom is -0.403 e. The van der Waals surface area contributed by atoms with Gasteiger partial charge in [-0.3, -0.25) is 0 Å².